The number of likely N-dealkylation sites (N-methyl/N-ethyl adjacent to an activating group) is 1. The Balaban J connectivity index is 1.17. The van der Waals surface area contributed by atoms with Gasteiger partial charge in [0.1, 0.15) is 6.54 Å². The molecule has 0 spiro atoms. The van der Waals surface area contributed by atoms with Crippen molar-refractivity contribution in [2.24, 2.45) is 0 Å². The maximum absolute atomic E-state index is 13.4. The van der Waals surface area contributed by atoms with Crippen LogP contribution in [-0.4, -0.2) is 95.6 Å². The van der Waals surface area contributed by atoms with Gasteiger partial charge in [-0.05, 0) is 48.5 Å². The van der Waals surface area contributed by atoms with Crippen LogP contribution >= 0.6 is 0 Å². The van der Waals surface area contributed by atoms with Crippen molar-refractivity contribution >= 4 is 17.6 Å². The number of piperazine rings is 1. The first-order chi connectivity index (χ1) is 21.1. The smallest absolute Gasteiger partial charge is 0.254 e. The molecule has 0 N–H and O–H groups in total. The van der Waals surface area contributed by atoms with Crippen LogP contribution in [0.4, 0.5) is 5.82 Å². The third kappa shape index (κ3) is 7.64. The third-order valence-corrected chi connectivity index (χ3v) is 8.11. The lowest BCUT2D eigenvalue weighted by molar-refractivity contribution is -0.132. The van der Waals surface area contributed by atoms with E-state index in [-0.39, 0.29) is 18.4 Å². The first kappa shape index (κ1) is 29.9. The molecule has 1 fully saturated rings. The minimum absolute atomic E-state index is 0.0242. The molecule has 1 aliphatic rings. The summed E-state index contributed by atoms with van der Waals surface area (Å²) in [5.41, 5.74) is 4.80. The fourth-order valence-electron chi connectivity index (χ4n) is 5.38. The average Bonchev–Trinajstić information content (AvgIpc) is 3.09. The third-order valence-electron chi connectivity index (χ3n) is 8.11. The van der Waals surface area contributed by atoms with Crippen molar-refractivity contribution in [3.8, 4) is 22.4 Å². The highest BCUT2D eigenvalue weighted by Gasteiger charge is 2.26. The fraction of sp³-hybridized carbons (Fsp3) is 0.314. The maximum atomic E-state index is 13.4. The van der Waals surface area contributed by atoms with E-state index in [0.717, 1.165) is 42.3 Å². The zero-order valence-electron chi connectivity index (χ0n) is 25.1. The first-order valence-electron chi connectivity index (χ1n) is 15.1. The van der Waals surface area contributed by atoms with E-state index in [0.29, 0.717) is 38.3 Å². The second-order valence-electron chi connectivity index (χ2n) is 10.7. The van der Waals surface area contributed by atoms with Crippen LogP contribution in [-0.2, 0) is 4.79 Å². The summed E-state index contributed by atoms with van der Waals surface area (Å²) in [7, 11) is 0. The van der Waals surface area contributed by atoms with Crippen molar-refractivity contribution in [1.29, 1.82) is 0 Å². The molecule has 2 heterocycles. The van der Waals surface area contributed by atoms with Crippen LogP contribution in [0.15, 0.2) is 97.1 Å². The maximum Gasteiger partial charge on any atom is 0.254 e. The molecule has 43 heavy (non-hydrogen) atoms. The van der Waals surface area contributed by atoms with Crippen LogP contribution in [0.25, 0.3) is 22.4 Å². The van der Waals surface area contributed by atoms with Crippen LogP contribution in [0.2, 0.25) is 0 Å². The molecular weight excluding hydrogens is 536 g/mol. The molecule has 0 radical (unpaired) electrons. The highest BCUT2D eigenvalue weighted by Crippen LogP contribution is 2.24. The predicted molar refractivity (Wildman–Crippen MR) is 172 cm³/mol. The van der Waals surface area contributed by atoms with Crippen LogP contribution < -0.4 is 4.90 Å². The number of hydrogen-bond acceptors (Lipinski definition) is 6. The molecule has 0 unspecified atom stereocenters. The van der Waals surface area contributed by atoms with Gasteiger partial charge in [0, 0.05) is 50.4 Å². The van der Waals surface area contributed by atoms with Crippen LogP contribution in [0.3, 0.4) is 0 Å². The molecule has 222 valence electrons. The van der Waals surface area contributed by atoms with E-state index in [1.807, 2.05) is 65.6 Å². The molecule has 8 heteroatoms. The molecule has 0 bridgehead atoms. The Morgan fingerprint density at radius 1 is 0.674 bits per heavy atom. The lowest BCUT2D eigenvalue weighted by Crippen LogP contribution is -2.52. The summed E-state index contributed by atoms with van der Waals surface area (Å²) < 4.78 is 0. The van der Waals surface area contributed by atoms with Crippen LogP contribution in [0.5, 0.6) is 0 Å². The number of aromatic nitrogens is 2. The summed E-state index contributed by atoms with van der Waals surface area (Å²) in [5, 5.41) is 9.00. The van der Waals surface area contributed by atoms with Crippen LogP contribution in [0.1, 0.15) is 24.2 Å². The van der Waals surface area contributed by atoms with Gasteiger partial charge in [0.05, 0.1) is 5.69 Å². The van der Waals surface area contributed by atoms with Gasteiger partial charge < -0.3 is 19.6 Å². The van der Waals surface area contributed by atoms with Crippen molar-refractivity contribution in [3.05, 3.63) is 103 Å². The molecular formula is C35H40N6O2. The lowest BCUT2D eigenvalue weighted by Gasteiger charge is -2.36. The molecule has 2 amide bonds. The first-order valence-corrected chi connectivity index (χ1v) is 15.1. The average molecular weight is 577 g/mol. The van der Waals surface area contributed by atoms with Gasteiger partial charge in [0.25, 0.3) is 5.91 Å². The molecule has 4 aromatic rings. The number of carbonyl (C=O) groups is 2. The molecule has 1 aliphatic heterocycles. The van der Waals surface area contributed by atoms with Gasteiger partial charge in [-0.2, -0.15) is 0 Å². The molecule has 1 saturated heterocycles. The topological polar surface area (TPSA) is 72.9 Å². The van der Waals surface area contributed by atoms with Gasteiger partial charge in [-0.1, -0.05) is 86.6 Å². The van der Waals surface area contributed by atoms with E-state index in [1.165, 1.54) is 5.56 Å². The van der Waals surface area contributed by atoms with E-state index in [9.17, 15) is 9.59 Å². The van der Waals surface area contributed by atoms with Crippen LogP contribution in [0, 0.1) is 0 Å². The van der Waals surface area contributed by atoms with Crippen molar-refractivity contribution in [3.63, 3.8) is 0 Å². The Labute approximate surface area is 254 Å². The summed E-state index contributed by atoms with van der Waals surface area (Å²) in [4.78, 5) is 34.6. The molecule has 1 aromatic heterocycles. The van der Waals surface area contributed by atoms with Gasteiger partial charge >= 0.3 is 0 Å². The number of anilines is 1. The van der Waals surface area contributed by atoms with E-state index in [4.69, 9.17) is 0 Å². The number of amides is 2. The second-order valence-corrected chi connectivity index (χ2v) is 10.7. The molecule has 5 rings (SSSR count). The summed E-state index contributed by atoms with van der Waals surface area (Å²) in [6.45, 7) is 9.84. The van der Waals surface area contributed by atoms with Crippen molar-refractivity contribution in [2.75, 3.05) is 63.8 Å². The van der Waals surface area contributed by atoms with Gasteiger partial charge in [0.15, 0.2) is 5.82 Å². The van der Waals surface area contributed by atoms with E-state index in [1.54, 1.807) is 4.90 Å². The van der Waals surface area contributed by atoms with E-state index < -0.39 is 0 Å². The Hall–Kier alpha value is -4.56. The fourth-order valence-corrected chi connectivity index (χ4v) is 5.38. The Bertz CT molecular complexity index is 1450. The second kappa shape index (κ2) is 14.6. The highest BCUT2D eigenvalue weighted by atomic mass is 16.2. The zero-order valence-corrected chi connectivity index (χ0v) is 25.1. The van der Waals surface area contributed by atoms with Gasteiger partial charge in [-0.15, -0.1) is 10.2 Å². The number of nitrogens with zero attached hydrogens (tertiary/aromatic N) is 6. The molecule has 0 atom stereocenters. The summed E-state index contributed by atoms with van der Waals surface area (Å²) >= 11 is 0. The predicted octanol–water partition coefficient (Wildman–Crippen LogP) is 4.94. The molecule has 8 nitrogen and oxygen atoms in total. The molecule has 0 saturated carbocycles. The standard InChI is InChI=1S/C35H40N6O2/c1-3-38(4-2)21-22-41(35(43)31-13-9-6-10-14-31)27-34(42)40-25-23-39(24-26-40)33-20-19-32(36-37-33)30-17-15-29(16-18-30)28-11-7-5-8-12-28/h5-20H,3-4,21-27H2,1-2H3. The SMILES string of the molecule is CCN(CC)CCN(CC(=O)N1CCN(c2ccc(-c3ccc(-c4ccccc4)cc3)nn2)CC1)C(=O)c1ccccc1. The highest BCUT2D eigenvalue weighted by molar-refractivity contribution is 5.96. The zero-order chi connectivity index (χ0) is 30.0. The quantitative estimate of drug-likeness (QED) is 0.252. The van der Waals surface area contributed by atoms with Gasteiger partial charge in [-0.25, -0.2) is 0 Å². The Kier molecular flexibility index (Phi) is 10.1. The molecule has 0 aliphatic carbocycles. The van der Waals surface area contributed by atoms with Crippen molar-refractivity contribution in [1.82, 2.24) is 24.9 Å². The monoisotopic (exact) mass is 576 g/mol. The van der Waals surface area contributed by atoms with Gasteiger partial charge in [-0.3, -0.25) is 9.59 Å². The Morgan fingerprint density at radius 2 is 1.28 bits per heavy atom. The number of benzene rings is 3. The normalized spacial score (nSPS) is 13.3. The van der Waals surface area contributed by atoms with E-state index in [2.05, 4.69) is 70.2 Å². The van der Waals surface area contributed by atoms with Crippen molar-refractivity contribution < 1.29 is 9.59 Å². The summed E-state index contributed by atoms with van der Waals surface area (Å²) in [6.07, 6.45) is 0. The number of carbonyl (C=O) groups excluding carboxylic acids is 2. The molecule has 3 aromatic carbocycles. The summed E-state index contributed by atoms with van der Waals surface area (Å²) in [6, 6.07) is 31.9. The number of rotatable bonds is 11. The van der Waals surface area contributed by atoms with Gasteiger partial charge in [0.2, 0.25) is 5.91 Å². The lowest BCUT2D eigenvalue weighted by atomic mass is 10.0. The van der Waals surface area contributed by atoms with E-state index >= 15 is 0 Å². The minimum atomic E-state index is -0.107. The largest absolute Gasteiger partial charge is 0.352 e. The summed E-state index contributed by atoms with van der Waals surface area (Å²) in [5.74, 6) is 0.672. The minimum Gasteiger partial charge on any atom is -0.352 e. The van der Waals surface area contributed by atoms with Crippen molar-refractivity contribution in [2.45, 2.75) is 13.8 Å². The number of hydrogen-bond donors (Lipinski definition) is 0. The Morgan fingerprint density at radius 3 is 1.88 bits per heavy atom.